The maximum absolute atomic E-state index is 12.7. The van der Waals surface area contributed by atoms with Gasteiger partial charge in [0.15, 0.2) is 0 Å². The number of nitrogens with one attached hydrogen (secondary N) is 2. The maximum atomic E-state index is 12.7. The Morgan fingerprint density at radius 1 is 1.07 bits per heavy atom. The van der Waals surface area contributed by atoms with E-state index in [1.807, 2.05) is 56.3 Å². The van der Waals surface area contributed by atoms with E-state index in [1.165, 1.54) is 0 Å². The average Bonchev–Trinajstić information content (AvgIpc) is 2.66. The van der Waals surface area contributed by atoms with E-state index in [2.05, 4.69) is 14.9 Å². The van der Waals surface area contributed by atoms with Crippen molar-refractivity contribution < 1.29 is 13.2 Å². The minimum atomic E-state index is -3.54. The number of hydrogen-bond donors (Lipinski definition) is 2. The standard InChI is InChI=1S/C21H27N3O3S/c1-16-8-9-17(2)20(14-16)28(26,27)23-19-10-12-24(13-11-19)15-21(25)22-18-6-4-3-5-7-18/h3-9,14,19,23H,10-13,15H2,1-2H3,(H,22,25). The first kappa shape index (κ1) is 20.5. The van der Waals surface area contributed by atoms with Crippen LogP contribution in [0.5, 0.6) is 0 Å². The van der Waals surface area contributed by atoms with Gasteiger partial charge in [-0.3, -0.25) is 9.69 Å². The molecular formula is C21H27N3O3S. The molecule has 0 spiro atoms. The summed E-state index contributed by atoms with van der Waals surface area (Å²) in [6, 6.07) is 14.7. The fraction of sp³-hybridized carbons (Fsp3) is 0.381. The molecule has 1 fully saturated rings. The fourth-order valence-corrected chi connectivity index (χ4v) is 5.05. The smallest absolute Gasteiger partial charge is 0.241 e. The van der Waals surface area contributed by atoms with Crippen LogP contribution in [-0.4, -0.2) is 44.9 Å². The number of aryl methyl sites for hydroxylation is 2. The molecule has 0 aliphatic carbocycles. The monoisotopic (exact) mass is 401 g/mol. The third kappa shape index (κ3) is 5.41. The number of rotatable bonds is 6. The lowest BCUT2D eigenvalue weighted by molar-refractivity contribution is -0.117. The van der Waals surface area contributed by atoms with Crippen molar-refractivity contribution in [3.63, 3.8) is 0 Å². The number of carbonyl (C=O) groups is 1. The van der Waals surface area contributed by atoms with Crippen LogP contribution in [0.1, 0.15) is 24.0 Å². The highest BCUT2D eigenvalue weighted by molar-refractivity contribution is 7.89. The summed E-state index contributed by atoms with van der Waals surface area (Å²) < 4.78 is 28.3. The molecular weight excluding hydrogens is 374 g/mol. The van der Waals surface area contributed by atoms with Crippen molar-refractivity contribution >= 4 is 21.6 Å². The number of hydrogen-bond acceptors (Lipinski definition) is 4. The van der Waals surface area contributed by atoms with Crippen LogP contribution in [0.4, 0.5) is 5.69 Å². The predicted octanol–water partition coefficient (Wildman–Crippen LogP) is 2.68. The van der Waals surface area contributed by atoms with Crippen LogP contribution in [0.15, 0.2) is 53.4 Å². The van der Waals surface area contributed by atoms with Crippen molar-refractivity contribution in [1.29, 1.82) is 0 Å². The number of piperidine rings is 1. The number of carbonyl (C=O) groups excluding carboxylic acids is 1. The predicted molar refractivity (Wildman–Crippen MR) is 111 cm³/mol. The van der Waals surface area contributed by atoms with E-state index in [1.54, 1.807) is 6.07 Å². The van der Waals surface area contributed by atoms with Gasteiger partial charge in [0.1, 0.15) is 0 Å². The van der Waals surface area contributed by atoms with Crippen molar-refractivity contribution in [2.75, 3.05) is 25.0 Å². The van der Waals surface area contributed by atoms with Gasteiger partial charge in [-0.2, -0.15) is 0 Å². The second kappa shape index (κ2) is 8.86. The van der Waals surface area contributed by atoms with Crippen LogP contribution in [0.2, 0.25) is 0 Å². The van der Waals surface area contributed by atoms with Gasteiger partial charge >= 0.3 is 0 Å². The van der Waals surface area contributed by atoms with Crippen molar-refractivity contribution in [2.24, 2.45) is 0 Å². The van der Waals surface area contributed by atoms with E-state index in [9.17, 15) is 13.2 Å². The largest absolute Gasteiger partial charge is 0.325 e. The minimum Gasteiger partial charge on any atom is -0.325 e. The molecule has 7 heteroatoms. The molecule has 0 bridgehead atoms. The molecule has 2 aromatic carbocycles. The summed E-state index contributed by atoms with van der Waals surface area (Å²) in [5, 5.41) is 2.88. The van der Waals surface area contributed by atoms with E-state index in [-0.39, 0.29) is 11.9 Å². The molecule has 2 aromatic rings. The second-order valence-electron chi connectivity index (χ2n) is 7.35. The summed E-state index contributed by atoms with van der Waals surface area (Å²) in [5.41, 5.74) is 2.45. The summed E-state index contributed by atoms with van der Waals surface area (Å²) in [6.07, 6.45) is 1.37. The summed E-state index contributed by atoms with van der Waals surface area (Å²) in [5.74, 6) is -0.0550. The Morgan fingerprint density at radius 3 is 2.43 bits per heavy atom. The van der Waals surface area contributed by atoms with Gasteiger partial charge < -0.3 is 5.32 Å². The van der Waals surface area contributed by atoms with Crippen LogP contribution in [0, 0.1) is 13.8 Å². The number of para-hydroxylation sites is 1. The normalized spacial score (nSPS) is 16.1. The van der Waals surface area contributed by atoms with Gasteiger partial charge in [-0.1, -0.05) is 30.3 Å². The van der Waals surface area contributed by atoms with Gasteiger partial charge in [-0.15, -0.1) is 0 Å². The van der Waals surface area contributed by atoms with E-state index in [0.29, 0.717) is 37.4 Å². The molecule has 1 saturated heterocycles. The molecule has 0 radical (unpaired) electrons. The lowest BCUT2D eigenvalue weighted by atomic mass is 10.1. The molecule has 2 N–H and O–H groups in total. The van der Waals surface area contributed by atoms with E-state index >= 15 is 0 Å². The number of likely N-dealkylation sites (tertiary alicyclic amines) is 1. The summed E-state index contributed by atoms with van der Waals surface area (Å²) in [4.78, 5) is 14.6. The van der Waals surface area contributed by atoms with Crippen LogP contribution in [-0.2, 0) is 14.8 Å². The zero-order chi connectivity index (χ0) is 20.1. The number of benzene rings is 2. The van der Waals surface area contributed by atoms with E-state index < -0.39 is 10.0 Å². The van der Waals surface area contributed by atoms with E-state index in [0.717, 1.165) is 16.8 Å². The van der Waals surface area contributed by atoms with Gasteiger partial charge in [-0.05, 0) is 56.0 Å². The molecule has 28 heavy (non-hydrogen) atoms. The molecule has 6 nitrogen and oxygen atoms in total. The highest BCUT2D eigenvalue weighted by Gasteiger charge is 2.26. The number of sulfonamides is 1. The number of anilines is 1. The van der Waals surface area contributed by atoms with Crippen molar-refractivity contribution in [3.8, 4) is 0 Å². The first-order valence-electron chi connectivity index (χ1n) is 9.50. The van der Waals surface area contributed by atoms with Crippen LogP contribution in [0.25, 0.3) is 0 Å². The number of amides is 1. The van der Waals surface area contributed by atoms with Crippen LogP contribution >= 0.6 is 0 Å². The van der Waals surface area contributed by atoms with E-state index in [4.69, 9.17) is 0 Å². The van der Waals surface area contributed by atoms with Crippen LogP contribution < -0.4 is 10.0 Å². The SMILES string of the molecule is Cc1ccc(C)c(S(=O)(=O)NC2CCN(CC(=O)Nc3ccccc3)CC2)c1. The average molecular weight is 402 g/mol. The van der Waals surface area contributed by atoms with Crippen LogP contribution in [0.3, 0.4) is 0 Å². The Bertz CT molecular complexity index is 921. The molecule has 3 rings (SSSR count). The van der Waals surface area contributed by atoms with Crippen molar-refractivity contribution in [3.05, 3.63) is 59.7 Å². The molecule has 0 saturated carbocycles. The molecule has 1 aliphatic rings. The third-order valence-corrected chi connectivity index (χ3v) is 6.63. The molecule has 0 aromatic heterocycles. The Labute approximate surface area is 167 Å². The first-order valence-corrected chi connectivity index (χ1v) is 11.0. The Balaban J connectivity index is 1.51. The minimum absolute atomic E-state index is 0.0550. The van der Waals surface area contributed by atoms with Gasteiger partial charge in [0.05, 0.1) is 11.4 Å². The molecule has 1 aliphatic heterocycles. The molecule has 150 valence electrons. The zero-order valence-electron chi connectivity index (χ0n) is 16.3. The maximum Gasteiger partial charge on any atom is 0.241 e. The fourth-order valence-electron chi connectivity index (χ4n) is 3.41. The molecule has 1 amide bonds. The lowest BCUT2D eigenvalue weighted by Crippen LogP contribution is -2.46. The van der Waals surface area contributed by atoms with Gasteiger partial charge in [0.25, 0.3) is 0 Å². The lowest BCUT2D eigenvalue weighted by Gasteiger charge is -2.31. The highest BCUT2D eigenvalue weighted by atomic mass is 32.2. The molecule has 0 unspecified atom stereocenters. The van der Waals surface area contributed by atoms with Gasteiger partial charge in [0, 0.05) is 24.8 Å². The first-order chi connectivity index (χ1) is 13.3. The Kier molecular flexibility index (Phi) is 6.49. The highest BCUT2D eigenvalue weighted by Crippen LogP contribution is 2.19. The Morgan fingerprint density at radius 2 is 1.75 bits per heavy atom. The summed E-state index contributed by atoms with van der Waals surface area (Å²) in [6.45, 7) is 5.37. The quantitative estimate of drug-likeness (QED) is 0.780. The topological polar surface area (TPSA) is 78.5 Å². The second-order valence-corrected chi connectivity index (χ2v) is 9.04. The summed E-state index contributed by atoms with van der Waals surface area (Å²) in [7, 11) is -3.54. The molecule has 1 heterocycles. The zero-order valence-corrected chi connectivity index (χ0v) is 17.1. The third-order valence-electron chi connectivity index (χ3n) is 4.97. The number of nitrogens with zero attached hydrogens (tertiary/aromatic N) is 1. The van der Waals surface area contributed by atoms with Crippen molar-refractivity contribution in [2.45, 2.75) is 37.6 Å². The molecule has 0 atom stereocenters. The van der Waals surface area contributed by atoms with Gasteiger partial charge in [0.2, 0.25) is 15.9 Å². The summed E-state index contributed by atoms with van der Waals surface area (Å²) >= 11 is 0. The van der Waals surface area contributed by atoms with Gasteiger partial charge in [-0.25, -0.2) is 13.1 Å². The Hall–Kier alpha value is -2.22. The van der Waals surface area contributed by atoms with Crippen molar-refractivity contribution in [1.82, 2.24) is 9.62 Å².